The van der Waals surface area contributed by atoms with Gasteiger partial charge in [0, 0.05) is 81.2 Å². The Morgan fingerprint density at radius 2 is 0.540 bits per heavy atom. The van der Waals surface area contributed by atoms with Crippen LogP contribution in [-0.4, -0.2) is 86.3 Å². The third-order valence-corrected chi connectivity index (χ3v) is 7.66. The molecule has 10 heteroatoms. The lowest BCUT2D eigenvalue weighted by Gasteiger charge is -2.11. The van der Waals surface area contributed by atoms with Crippen molar-refractivity contribution in [2.24, 2.45) is 0 Å². The lowest BCUT2D eigenvalue weighted by molar-refractivity contribution is 1.07. The van der Waals surface area contributed by atoms with Gasteiger partial charge in [-0.15, -0.1) is 0 Å². The molecule has 0 aliphatic heterocycles. The van der Waals surface area contributed by atoms with Gasteiger partial charge in [-0.3, -0.25) is 0 Å². The van der Waals surface area contributed by atoms with E-state index in [-0.39, 0.29) is 0 Å². The first-order valence-corrected chi connectivity index (χ1v) is 16.2. The summed E-state index contributed by atoms with van der Waals surface area (Å²) in [4.78, 5) is 36.5. The molecule has 254 valence electrons. The Bertz CT molecular complexity index is 1680. The monoisotopic (exact) mass is 664 g/mol. The molecule has 0 spiro atoms. The molecule has 0 amide bonds. The molecule has 5 aromatic heterocycles. The highest BCUT2D eigenvalue weighted by molar-refractivity contribution is 5.81. The number of aromatic nitrogens is 6. The maximum absolute atomic E-state index is 5.15. The minimum atomic E-state index is 0.714. The second-order valence-electron chi connectivity index (χ2n) is 12.5. The summed E-state index contributed by atoms with van der Waals surface area (Å²) in [6.45, 7) is 0. The summed E-state index contributed by atoms with van der Waals surface area (Å²) >= 11 is 0. The van der Waals surface area contributed by atoms with E-state index in [1.165, 1.54) is 0 Å². The summed E-state index contributed by atoms with van der Waals surface area (Å²) < 4.78 is 0. The third kappa shape index (κ3) is 9.47. The molecule has 10 nitrogen and oxygen atoms in total. The van der Waals surface area contributed by atoms with Crippen LogP contribution in [0.4, 0.5) is 23.3 Å². The van der Waals surface area contributed by atoms with Crippen LogP contribution in [0.3, 0.4) is 0 Å². The molecule has 5 aromatic rings. The second-order valence-corrected chi connectivity index (χ2v) is 12.5. The lowest BCUT2D eigenvalue weighted by Crippen LogP contribution is -2.10. The van der Waals surface area contributed by atoms with Crippen LogP contribution in [0.25, 0.3) is 48.6 Å². The zero-order valence-electron chi connectivity index (χ0n) is 30.0. The van der Waals surface area contributed by atoms with E-state index in [0.29, 0.717) is 22.8 Å². The fourth-order valence-electron chi connectivity index (χ4n) is 4.72. The quantitative estimate of drug-likeness (QED) is 0.139. The van der Waals surface area contributed by atoms with Crippen LogP contribution in [0.2, 0.25) is 0 Å². The fraction of sp³-hybridized carbons (Fsp3) is 0.200. The van der Waals surface area contributed by atoms with Crippen molar-refractivity contribution >= 4 is 71.9 Å². The molecule has 0 unspecified atom stereocenters. The van der Waals surface area contributed by atoms with Crippen molar-refractivity contribution in [2.75, 3.05) is 76.0 Å². The van der Waals surface area contributed by atoms with Crippen LogP contribution >= 0.6 is 0 Å². The SMILES string of the molecule is CN(C)c1ccc(C=Cc2nc(C=Cc3ccc(N(C)C)nc3)c(C=Cc3ccc(N(C)C)nc3)nc2C=Cc2ccc(N(C)C)nc2)cn1. The first-order chi connectivity index (χ1) is 24.0. The summed E-state index contributed by atoms with van der Waals surface area (Å²) in [6.07, 6.45) is 23.4. The van der Waals surface area contributed by atoms with Crippen molar-refractivity contribution in [2.45, 2.75) is 0 Å². The maximum atomic E-state index is 5.15. The maximum Gasteiger partial charge on any atom is 0.127 e. The normalized spacial score (nSPS) is 11.7. The van der Waals surface area contributed by atoms with E-state index in [2.05, 4.69) is 19.9 Å². The van der Waals surface area contributed by atoms with Crippen molar-refractivity contribution in [3.63, 3.8) is 0 Å². The fourth-order valence-corrected chi connectivity index (χ4v) is 4.72. The first kappa shape index (κ1) is 35.2. The number of rotatable bonds is 12. The summed E-state index contributed by atoms with van der Waals surface area (Å²) in [5.74, 6) is 3.57. The van der Waals surface area contributed by atoms with Gasteiger partial charge in [0.25, 0.3) is 0 Å². The summed E-state index contributed by atoms with van der Waals surface area (Å²) in [6, 6.07) is 16.1. The molecule has 0 fully saturated rings. The minimum absolute atomic E-state index is 0.714. The second kappa shape index (κ2) is 16.3. The summed E-state index contributed by atoms with van der Waals surface area (Å²) in [7, 11) is 15.8. The Balaban J connectivity index is 1.59. The molecule has 0 atom stereocenters. The molecule has 5 heterocycles. The van der Waals surface area contributed by atoms with E-state index in [9.17, 15) is 0 Å². The van der Waals surface area contributed by atoms with Gasteiger partial charge in [0.1, 0.15) is 23.3 Å². The van der Waals surface area contributed by atoms with E-state index < -0.39 is 0 Å². The van der Waals surface area contributed by atoms with Crippen LogP contribution in [0.1, 0.15) is 45.0 Å². The van der Waals surface area contributed by atoms with E-state index >= 15 is 0 Å². The van der Waals surface area contributed by atoms with Crippen LogP contribution in [-0.2, 0) is 0 Å². The first-order valence-electron chi connectivity index (χ1n) is 16.2. The average molecular weight is 665 g/mol. The molecule has 0 saturated carbocycles. The van der Waals surface area contributed by atoms with Gasteiger partial charge < -0.3 is 19.6 Å². The summed E-state index contributed by atoms with van der Waals surface area (Å²) in [5, 5.41) is 0. The Hall–Kier alpha value is -6.16. The van der Waals surface area contributed by atoms with Gasteiger partial charge in [0.05, 0.1) is 22.8 Å². The Labute approximate surface area is 295 Å². The predicted molar refractivity (Wildman–Crippen MR) is 212 cm³/mol. The van der Waals surface area contributed by atoms with Crippen molar-refractivity contribution in [1.29, 1.82) is 0 Å². The van der Waals surface area contributed by atoms with E-state index in [0.717, 1.165) is 45.5 Å². The van der Waals surface area contributed by atoms with E-state index in [1.54, 1.807) is 0 Å². The van der Waals surface area contributed by atoms with Crippen LogP contribution in [0, 0.1) is 0 Å². The molecule has 0 N–H and O–H groups in total. The van der Waals surface area contributed by atoms with Gasteiger partial charge in [-0.2, -0.15) is 0 Å². The average Bonchev–Trinajstić information content (AvgIpc) is 3.12. The Morgan fingerprint density at radius 1 is 0.320 bits per heavy atom. The van der Waals surface area contributed by atoms with E-state index in [1.807, 2.05) is 198 Å². The molecular weight excluding hydrogens is 621 g/mol. The molecule has 0 aliphatic rings. The number of hydrogen-bond donors (Lipinski definition) is 0. The topological polar surface area (TPSA) is 90.3 Å². The Kier molecular flexibility index (Phi) is 11.5. The Morgan fingerprint density at radius 3 is 0.700 bits per heavy atom. The van der Waals surface area contributed by atoms with Crippen molar-refractivity contribution in [3.8, 4) is 0 Å². The molecule has 0 bridgehead atoms. The number of pyridine rings is 4. The molecule has 0 radical (unpaired) electrons. The highest BCUT2D eigenvalue weighted by Crippen LogP contribution is 2.21. The molecule has 50 heavy (non-hydrogen) atoms. The largest absolute Gasteiger partial charge is 0.363 e. The third-order valence-electron chi connectivity index (χ3n) is 7.66. The number of anilines is 4. The van der Waals surface area contributed by atoms with Gasteiger partial charge in [0.2, 0.25) is 0 Å². The van der Waals surface area contributed by atoms with Crippen molar-refractivity contribution < 1.29 is 0 Å². The van der Waals surface area contributed by atoms with Crippen LogP contribution in [0.15, 0.2) is 73.3 Å². The van der Waals surface area contributed by atoms with Crippen molar-refractivity contribution in [3.05, 3.63) is 118 Å². The smallest absolute Gasteiger partial charge is 0.127 e. The van der Waals surface area contributed by atoms with Gasteiger partial charge >= 0.3 is 0 Å². The minimum Gasteiger partial charge on any atom is -0.363 e. The highest BCUT2D eigenvalue weighted by atomic mass is 15.1. The van der Waals surface area contributed by atoms with Crippen molar-refractivity contribution in [1.82, 2.24) is 29.9 Å². The number of nitrogens with zero attached hydrogens (tertiary/aromatic N) is 10. The van der Waals surface area contributed by atoms with Gasteiger partial charge in [-0.25, -0.2) is 29.9 Å². The number of hydrogen-bond acceptors (Lipinski definition) is 10. The van der Waals surface area contributed by atoms with Gasteiger partial charge in [0.15, 0.2) is 0 Å². The molecule has 0 aromatic carbocycles. The van der Waals surface area contributed by atoms with Crippen LogP contribution in [0.5, 0.6) is 0 Å². The van der Waals surface area contributed by atoms with Gasteiger partial charge in [-0.1, -0.05) is 24.3 Å². The van der Waals surface area contributed by atoms with Crippen LogP contribution < -0.4 is 19.6 Å². The lowest BCUT2D eigenvalue weighted by atomic mass is 10.1. The standard InChI is InChI=1S/C40H44N10/c1-47(2)37-21-13-29(25-41-37)9-17-33-34(18-10-30-14-22-38(42-26-30)48(3)4)46-36(20-12-32-16-24-40(44-28-32)50(7)8)35(45-33)19-11-31-15-23-39(43-27-31)49(5)6/h9-28H,1-8H3. The molecule has 0 aliphatic carbocycles. The predicted octanol–water partition coefficient (Wildman–Crippen LogP) is 7.00. The zero-order valence-corrected chi connectivity index (χ0v) is 30.0. The highest BCUT2D eigenvalue weighted by Gasteiger charge is 2.09. The summed E-state index contributed by atoms with van der Waals surface area (Å²) in [5.41, 5.74) is 6.68. The zero-order chi connectivity index (χ0) is 35.6. The van der Waals surface area contributed by atoms with Gasteiger partial charge in [-0.05, 0) is 95.1 Å². The molecule has 0 saturated heterocycles. The molecular formula is C40H44N10. The molecule has 5 rings (SSSR count). The van der Waals surface area contributed by atoms with E-state index in [4.69, 9.17) is 9.97 Å².